The van der Waals surface area contributed by atoms with Gasteiger partial charge in [-0.3, -0.25) is 23.6 Å². The third-order valence-corrected chi connectivity index (χ3v) is 10.0. The maximum absolute atomic E-state index is 14.1. The van der Waals surface area contributed by atoms with Gasteiger partial charge in [0.15, 0.2) is 5.82 Å². The van der Waals surface area contributed by atoms with Gasteiger partial charge in [0.2, 0.25) is 0 Å². The van der Waals surface area contributed by atoms with Crippen LogP contribution in [0.3, 0.4) is 0 Å². The quantitative estimate of drug-likeness (QED) is 0.171. The number of ether oxygens (including phenoxy) is 1. The Balaban J connectivity index is 1.38. The summed E-state index contributed by atoms with van der Waals surface area (Å²) in [5.41, 5.74) is 3.63. The number of hydrogen-bond acceptors (Lipinski definition) is 9. The molecule has 14 heteroatoms. The summed E-state index contributed by atoms with van der Waals surface area (Å²) in [5, 5.41) is 10.7. The van der Waals surface area contributed by atoms with Crippen LogP contribution in [-0.4, -0.2) is 45.4 Å². The molecule has 256 valence electrons. The van der Waals surface area contributed by atoms with Crippen molar-refractivity contribution in [3.8, 4) is 11.1 Å². The summed E-state index contributed by atoms with van der Waals surface area (Å²) < 4.78 is 44.1. The van der Waals surface area contributed by atoms with E-state index < -0.39 is 21.5 Å². The number of carbonyl (C=O) groups excluding carboxylic acids is 1. The highest BCUT2D eigenvalue weighted by Crippen LogP contribution is 2.34. The third kappa shape index (κ3) is 7.34. The van der Waals surface area contributed by atoms with Gasteiger partial charge >= 0.3 is 0 Å². The molecule has 3 aromatic heterocycles. The van der Waals surface area contributed by atoms with Crippen LogP contribution in [0.15, 0.2) is 69.1 Å². The Hall–Kier alpha value is -5.08. The molecule has 1 saturated carbocycles. The van der Waals surface area contributed by atoms with Gasteiger partial charge in [-0.1, -0.05) is 41.6 Å². The second kappa shape index (κ2) is 13.8. The van der Waals surface area contributed by atoms with Gasteiger partial charge in [-0.25, -0.2) is 13.4 Å². The fourth-order valence-electron chi connectivity index (χ4n) is 5.70. The maximum atomic E-state index is 14.1. The number of nitrogens with one attached hydrogen (secondary N) is 2. The minimum absolute atomic E-state index is 0.0289. The van der Waals surface area contributed by atoms with Crippen molar-refractivity contribution in [1.82, 2.24) is 24.5 Å². The first kappa shape index (κ1) is 33.8. The van der Waals surface area contributed by atoms with Crippen molar-refractivity contribution in [3.63, 3.8) is 0 Å². The molecule has 0 radical (unpaired) electrons. The van der Waals surface area contributed by atoms with Crippen molar-refractivity contribution in [1.29, 1.82) is 0 Å². The summed E-state index contributed by atoms with van der Waals surface area (Å²) in [6, 6.07) is 12.3. The highest BCUT2D eigenvalue weighted by atomic mass is 32.2. The van der Waals surface area contributed by atoms with Crippen LogP contribution in [-0.2, 0) is 41.4 Å². The molecule has 1 aliphatic carbocycles. The van der Waals surface area contributed by atoms with Gasteiger partial charge in [-0.05, 0) is 69.2 Å². The Morgan fingerprint density at radius 1 is 1.10 bits per heavy atom. The van der Waals surface area contributed by atoms with Gasteiger partial charge < -0.3 is 14.6 Å². The third-order valence-electron chi connectivity index (χ3n) is 8.61. The van der Waals surface area contributed by atoms with E-state index >= 15 is 0 Å². The highest BCUT2D eigenvalue weighted by molar-refractivity contribution is 7.92. The smallest absolute Gasteiger partial charge is 0.266 e. The zero-order chi connectivity index (χ0) is 34.9. The number of aryl methyl sites for hydroxylation is 3. The molecule has 6 rings (SSSR count). The SMILES string of the molecule is CCOCc1cc(Cn2c(CC3CC3)nc(C)c(C(=O)Nc3cnn(C)c3)c2=O)ccc1-c1ccccc1S(=O)(=O)Nc1noc(C)c1C. The summed E-state index contributed by atoms with van der Waals surface area (Å²) in [5.74, 6) is 1.17. The van der Waals surface area contributed by atoms with Gasteiger partial charge in [-0.2, -0.15) is 5.10 Å². The van der Waals surface area contributed by atoms with E-state index in [0.717, 1.165) is 24.0 Å². The molecule has 1 amide bonds. The van der Waals surface area contributed by atoms with E-state index in [9.17, 15) is 18.0 Å². The summed E-state index contributed by atoms with van der Waals surface area (Å²) in [6.07, 6.45) is 5.93. The molecule has 0 unspecified atom stereocenters. The minimum Gasteiger partial charge on any atom is -0.377 e. The van der Waals surface area contributed by atoms with E-state index in [-0.39, 0.29) is 29.4 Å². The van der Waals surface area contributed by atoms with Crippen molar-refractivity contribution in [2.75, 3.05) is 16.6 Å². The fourth-order valence-corrected chi connectivity index (χ4v) is 6.98. The van der Waals surface area contributed by atoms with Crippen molar-refractivity contribution in [3.05, 3.63) is 105 Å². The lowest BCUT2D eigenvalue weighted by Gasteiger charge is -2.18. The van der Waals surface area contributed by atoms with Crippen molar-refractivity contribution < 1.29 is 22.5 Å². The molecule has 1 fully saturated rings. The standard InChI is InChI=1S/C35H39N7O6S/c1-6-47-20-26-15-25(13-14-28(26)29-9-7-8-10-30(29)49(45,46)40-33-21(2)23(4)48-39-33)18-42-31(16-24-11-12-24)37-22(3)32(35(42)44)34(43)38-27-17-36-41(5)19-27/h7-10,13-15,17,19,24H,6,11-12,16,18,20H2,1-5H3,(H,38,43)(H,39,40). The molecule has 49 heavy (non-hydrogen) atoms. The summed E-state index contributed by atoms with van der Waals surface area (Å²) >= 11 is 0. The molecular weight excluding hydrogens is 646 g/mol. The van der Waals surface area contributed by atoms with Gasteiger partial charge in [0.25, 0.3) is 21.5 Å². The minimum atomic E-state index is -4.06. The molecule has 0 saturated heterocycles. The molecule has 13 nitrogen and oxygen atoms in total. The van der Waals surface area contributed by atoms with E-state index in [1.54, 1.807) is 61.5 Å². The highest BCUT2D eigenvalue weighted by Gasteiger charge is 2.28. The molecule has 5 aromatic rings. The van der Waals surface area contributed by atoms with Crippen LogP contribution in [0, 0.1) is 26.7 Å². The molecule has 2 aromatic carbocycles. The number of benzene rings is 2. The van der Waals surface area contributed by atoms with Crippen LogP contribution in [0.25, 0.3) is 11.1 Å². The monoisotopic (exact) mass is 685 g/mol. The molecular formula is C35H39N7O6S. The van der Waals surface area contributed by atoms with E-state index in [1.165, 1.54) is 12.3 Å². The predicted molar refractivity (Wildman–Crippen MR) is 184 cm³/mol. The van der Waals surface area contributed by atoms with Gasteiger partial charge in [-0.15, -0.1) is 0 Å². The fraction of sp³-hybridized carbons (Fsp3) is 0.343. The number of amides is 1. The summed E-state index contributed by atoms with van der Waals surface area (Å²) in [4.78, 5) is 32.2. The van der Waals surface area contributed by atoms with Crippen LogP contribution in [0.5, 0.6) is 0 Å². The van der Waals surface area contributed by atoms with Crippen LogP contribution < -0.4 is 15.6 Å². The lowest BCUT2D eigenvalue weighted by molar-refractivity contribution is 0.102. The zero-order valence-corrected chi connectivity index (χ0v) is 28.9. The Morgan fingerprint density at radius 3 is 2.55 bits per heavy atom. The molecule has 0 aliphatic heterocycles. The number of rotatable bonds is 13. The number of aromatic nitrogens is 5. The van der Waals surface area contributed by atoms with Crippen molar-refractivity contribution in [2.45, 2.75) is 65.0 Å². The predicted octanol–water partition coefficient (Wildman–Crippen LogP) is 5.15. The van der Waals surface area contributed by atoms with E-state index in [1.807, 2.05) is 25.1 Å². The van der Waals surface area contributed by atoms with Crippen molar-refractivity contribution >= 4 is 27.4 Å². The Kier molecular flexibility index (Phi) is 9.52. The average Bonchev–Trinajstić information content (AvgIpc) is 3.72. The van der Waals surface area contributed by atoms with Gasteiger partial charge in [0.1, 0.15) is 17.1 Å². The van der Waals surface area contributed by atoms with Crippen LogP contribution in [0.2, 0.25) is 0 Å². The van der Waals surface area contributed by atoms with E-state index in [0.29, 0.717) is 58.6 Å². The van der Waals surface area contributed by atoms with Crippen LogP contribution >= 0.6 is 0 Å². The van der Waals surface area contributed by atoms with Gasteiger partial charge in [0.05, 0.1) is 35.6 Å². The normalized spacial score (nSPS) is 13.1. The first-order chi connectivity index (χ1) is 23.4. The summed E-state index contributed by atoms with van der Waals surface area (Å²) in [7, 11) is -2.32. The Bertz CT molecular complexity index is 2200. The Morgan fingerprint density at radius 2 is 1.88 bits per heavy atom. The number of anilines is 2. The number of nitrogens with zero attached hydrogens (tertiary/aromatic N) is 5. The van der Waals surface area contributed by atoms with E-state index in [2.05, 4.69) is 20.3 Å². The van der Waals surface area contributed by atoms with Gasteiger partial charge in [0, 0.05) is 37.4 Å². The van der Waals surface area contributed by atoms with Crippen LogP contribution in [0.1, 0.15) is 64.1 Å². The molecule has 1 aliphatic rings. The summed E-state index contributed by atoms with van der Waals surface area (Å²) in [6.45, 7) is 7.82. The number of hydrogen-bond donors (Lipinski definition) is 2. The largest absolute Gasteiger partial charge is 0.377 e. The lowest BCUT2D eigenvalue weighted by Crippen LogP contribution is -2.34. The first-order valence-electron chi connectivity index (χ1n) is 16.1. The average molecular weight is 686 g/mol. The number of carbonyl (C=O) groups is 1. The van der Waals surface area contributed by atoms with Crippen LogP contribution in [0.4, 0.5) is 11.5 Å². The Labute approximate surface area is 284 Å². The molecule has 0 bridgehead atoms. The number of sulfonamides is 1. The zero-order valence-electron chi connectivity index (χ0n) is 28.1. The van der Waals surface area contributed by atoms with Crippen molar-refractivity contribution in [2.24, 2.45) is 13.0 Å². The topological polar surface area (TPSA) is 163 Å². The molecule has 2 N–H and O–H groups in total. The molecule has 0 spiro atoms. The second-order valence-electron chi connectivity index (χ2n) is 12.3. The second-order valence-corrected chi connectivity index (χ2v) is 14.0. The maximum Gasteiger partial charge on any atom is 0.266 e. The van der Waals surface area contributed by atoms with E-state index in [4.69, 9.17) is 14.2 Å². The molecule has 0 atom stereocenters. The first-order valence-corrected chi connectivity index (χ1v) is 17.6. The molecule has 3 heterocycles. The lowest BCUT2D eigenvalue weighted by atomic mass is 9.97.